The lowest BCUT2D eigenvalue weighted by atomic mass is 9.97. The number of piperidine rings is 1. The molecule has 3 heterocycles. The SMILES string of the molecule is CN1C2=CCC[C@H]2[C@H](NS(C)(=O)=O)[C@@H]1COC1CCN(c2ncc(F)cn2)CC1. The molecule has 0 amide bonds. The fourth-order valence-electron chi connectivity index (χ4n) is 4.73. The molecule has 0 spiro atoms. The molecule has 2 aliphatic heterocycles. The molecule has 0 saturated carbocycles. The summed E-state index contributed by atoms with van der Waals surface area (Å²) in [4.78, 5) is 12.3. The summed E-state index contributed by atoms with van der Waals surface area (Å²) in [5.41, 5.74) is 1.23. The van der Waals surface area contributed by atoms with Gasteiger partial charge >= 0.3 is 0 Å². The molecule has 10 heteroatoms. The number of likely N-dealkylation sites (N-methyl/N-ethyl adjacent to an activating group) is 1. The second-order valence-electron chi connectivity index (χ2n) is 8.13. The van der Waals surface area contributed by atoms with Gasteiger partial charge in [0.15, 0.2) is 5.82 Å². The molecule has 0 aromatic carbocycles. The molecule has 1 N–H and O–H groups in total. The van der Waals surface area contributed by atoms with E-state index >= 15 is 0 Å². The second-order valence-corrected chi connectivity index (χ2v) is 9.91. The molecule has 1 aromatic rings. The van der Waals surface area contributed by atoms with E-state index in [9.17, 15) is 12.8 Å². The standard InChI is InChI=1S/C19H28FN5O3S/c1-24-16-5-3-4-15(16)18(23-29(2,26)27)17(24)12-28-14-6-8-25(9-7-14)19-21-10-13(20)11-22-19/h5,10-11,14-15,17-18,23H,3-4,6-9,12H2,1-2H3/t15-,17+,18+/m1/s1. The van der Waals surface area contributed by atoms with Gasteiger partial charge in [-0.1, -0.05) is 6.08 Å². The van der Waals surface area contributed by atoms with E-state index in [4.69, 9.17) is 4.74 Å². The number of anilines is 1. The molecule has 3 aliphatic rings. The van der Waals surface area contributed by atoms with Crippen LogP contribution in [0.1, 0.15) is 25.7 Å². The van der Waals surface area contributed by atoms with Gasteiger partial charge in [-0.15, -0.1) is 0 Å². The molecule has 8 nitrogen and oxygen atoms in total. The lowest BCUT2D eigenvalue weighted by Gasteiger charge is -2.34. The molecule has 2 saturated heterocycles. The molecule has 0 radical (unpaired) electrons. The largest absolute Gasteiger partial charge is 0.376 e. The topological polar surface area (TPSA) is 87.7 Å². The van der Waals surface area contributed by atoms with Crippen LogP contribution < -0.4 is 9.62 Å². The van der Waals surface area contributed by atoms with Gasteiger partial charge in [0.1, 0.15) is 0 Å². The number of sulfonamides is 1. The number of hydrogen-bond acceptors (Lipinski definition) is 7. The summed E-state index contributed by atoms with van der Waals surface area (Å²) < 4.78 is 45.9. The van der Waals surface area contributed by atoms with E-state index in [1.54, 1.807) is 0 Å². The van der Waals surface area contributed by atoms with E-state index < -0.39 is 15.8 Å². The zero-order valence-electron chi connectivity index (χ0n) is 16.8. The molecular formula is C19H28FN5O3S. The Hall–Kier alpha value is -1.78. The van der Waals surface area contributed by atoms with E-state index in [0.29, 0.717) is 12.6 Å². The maximum absolute atomic E-state index is 13.0. The van der Waals surface area contributed by atoms with Gasteiger partial charge in [0, 0.05) is 31.8 Å². The van der Waals surface area contributed by atoms with Crippen molar-refractivity contribution in [2.45, 2.75) is 43.9 Å². The van der Waals surface area contributed by atoms with Gasteiger partial charge in [0.25, 0.3) is 0 Å². The number of ether oxygens (including phenoxy) is 1. The first-order valence-corrected chi connectivity index (χ1v) is 12.0. The molecule has 1 aliphatic carbocycles. The molecule has 0 bridgehead atoms. The summed E-state index contributed by atoms with van der Waals surface area (Å²) >= 11 is 0. The highest BCUT2D eigenvalue weighted by Crippen LogP contribution is 2.40. The van der Waals surface area contributed by atoms with Crippen LogP contribution in [-0.4, -0.2) is 74.5 Å². The van der Waals surface area contributed by atoms with Crippen LogP contribution in [0.3, 0.4) is 0 Å². The molecule has 160 valence electrons. The van der Waals surface area contributed by atoms with Crippen molar-refractivity contribution in [1.82, 2.24) is 19.6 Å². The fraction of sp³-hybridized carbons (Fsp3) is 0.684. The van der Waals surface area contributed by atoms with Crippen molar-refractivity contribution in [2.75, 3.05) is 37.9 Å². The van der Waals surface area contributed by atoms with Crippen molar-refractivity contribution in [3.05, 3.63) is 30.0 Å². The summed E-state index contributed by atoms with van der Waals surface area (Å²) in [5.74, 6) is 0.322. The van der Waals surface area contributed by atoms with Gasteiger partial charge in [0.2, 0.25) is 16.0 Å². The lowest BCUT2D eigenvalue weighted by molar-refractivity contribution is 0.00829. The molecule has 3 atom stereocenters. The number of rotatable bonds is 6. The minimum absolute atomic E-state index is 0.0141. The number of fused-ring (bicyclic) bond motifs is 1. The first-order chi connectivity index (χ1) is 13.8. The van der Waals surface area contributed by atoms with Crippen LogP contribution in [0.4, 0.5) is 10.3 Å². The van der Waals surface area contributed by atoms with Crippen molar-refractivity contribution in [3.8, 4) is 0 Å². The van der Waals surface area contributed by atoms with E-state index in [1.807, 2.05) is 11.9 Å². The van der Waals surface area contributed by atoms with Crippen LogP contribution in [0.5, 0.6) is 0 Å². The summed E-state index contributed by atoms with van der Waals surface area (Å²) in [6.07, 6.45) is 9.51. The Labute approximate surface area is 171 Å². The van der Waals surface area contributed by atoms with Gasteiger partial charge in [0.05, 0.1) is 43.4 Å². The average Bonchev–Trinajstić information content (AvgIpc) is 3.24. The third kappa shape index (κ3) is 4.54. The normalized spacial score (nSPS) is 28.0. The van der Waals surface area contributed by atoms with Gasteiger partial charge in [-0.2, -0.15) is 0 Å². The number of nitrogens with zero attached hydrogens (tertiary/aromatic N) is 4. The van der Waals surface area contributed by atoms with Crippen LogP contribution in [0.15, 0.2) is 24.2 Å². The van der Waals surface area contributed by atoms with E-state index in [1.165, 1.54) is 24.3 Å². The maximum Gasteiger partial charge on any atom is 0.225 e. The summed E-state index contributed by atoms with van der Waals surface area (Å²) in [6, 6.07) is -0.170. The second kappa shape index (κ2) is 8.16. The molecule has 1 aromatic heterocycles. The van der Waals surface area contributed by atoms with Crippen LogP contribution in [0.2, 0.25) is 0 Å². The maximum atomic E-state index is 13.0. The number of likely N-dealkylation sites (tertiary alicyclic amines) is 1. The minimum Gasteiger partial charge on any atom is -0.376 e. The van der Waals surface area contributed by atoms with Crippen molar-refractivity contribution >= 4 is 16.0 Å². The van der Waals surface area contributed by atoms with Gasteiger partial charge in [-0.05, 0) is 25.7 Å². The van der Waals surface area contributed by atoms with Crippen molar-refractivity contribution < 1.29 is 17.5 Å². The number of hydrogen-bond donors (Lipinski definition) is 1. The zero-order chi connectivity index (χ0) is 20.6. The quantitative estimate of drug-likeness (QED) is 0.731. The van der Waals surface area contributed by atoms with Crippen molar-refractivity contribution in [1.29, 1.82) is 0 Å². The van der Waals surface area contributed by atoms with Crippen LogP contribution in [0.25, 0.3) is 0 Å². The van der Waals surface area contributed by atoms with Gasteiger partial charge in [-0.3, -0.25) is 0 Å². The van der Waals surface area contributed by atoms with Gasteiger partial charge in [-0.25, -0.2) is 27.5 Å². The van der Waals surface area contributed by atoms with Crippen molar-refractivity contribution in [2.24, 2.45) is 5.92 Å². The molecule has 4 rings (SSSR count). The fourth-order valence-corrected chi connectivity index (χ4v) is 5.54. The zero-order valence-corrected chi connectivity index (χ0v) is 17.6. The van der Waals surface area contributed by atoms with Crippen LogP contribution >= 0.6 is 0 Å². The average molecular weight is 426 g/mol. The third-order valence-electron chi connectivity index (χ3n) is 6.15. The highest BCUT2D eigenvalue weighted by molar-refractivity contribution is 7.88. The minimum atomic E-state index is -3.29. The number of allylic oxidation sites excluding steroid dienone is 1. The predicted octanol–water partition coefficient (Wildman–Crippen LogP) is 1.13. The Balaban J connectivity index is 1.34. The molecule has 2 fully saturated rings. The Morgan fingerprint density at radius 1 is 1.24 bits per heavy atom. The highest BCUT2D eigenvalue weighted by Gasteiger charge is 2.46. The van der Waals surface area contributed by atoms with Crippen LogP contribution in [-0.2, 0) is 14.8 Å². The van der Waals surface area contributed by atoms with E-state index in [2.05, 4.69) is 25.7 Å². The summed E-state index contributed by atoms with van der Waals surface area (Å²) in [7, 11) is -1.27. The summed E-state index contributed by atoms with van der Waals surface area (Å²) in [6.45, 7) is 1.97. The first-order valence-electron chi connectivity index (χ1n) is 10.1. The number of halogens is 1. The smallest absolute Gasteiger partial charge is 0.225 e. The van der Waals surface area contributed by atoms with Crippen LogP contribution in [0, 0.1) is 11.7 Å². The monoisotopic (exact) mass is 425 g/mol. The first kappa shape index (κ1) is 20.5. The Morgan fingerprint density at radius 2 is 1.93 bits per heavy atom. The third-order valence-corrected chi connectivity index (χ3v) is 6.85. The van der Waals surface area contributed by atoms with Gasteiger partial charge < -0.3 is 14.5 Å². The molecule has 29 heavy (non-hydrogen) atoms. The molecular weight excluding hydrogens is 397 g/mol. The molecule has 0 unspecified atom stereocenters. The van der Waals surface area contributed by atoms with E-state index in [-0.39, 0.29) is 24.1 Å². The number of nitrogens with one attached hydrogen (secondary N) is 1. The lowest BCUT2D eigenvalue weighted by Crippen LogP contribution is -2.49. The Kier molecular flexibility index (Phi) is 5.76. The number of aromatic nitrogens is 2. The van der Waals surface area contributed by atoms with Crippen molar-refractivity contribution in [3.63, 3.8) is 0 Å². The Bertz CT molecular complexity index is 855. The predicted molar refractivity (Wildman–Crippen MR) is 107 cm³/mol. The summed E-state index contributed by atoms with van der Waals surface area (Å²) in [5, 5.41) is 0. The Morgan fingerprint density at radius 3 is 2.59 bits per heavy atom. The van der Waals surface area contributed by atoms with E-state index in [0.717, 1.165) is 38.8 Å². The highest BCUT2D eigenvalue weighted by atomic mass is 32.2.